The summed E-state index contributed by atoms with van der Waals surface area (Å²) in [6, 6.07) is 0. The first kappa shape index (κ1) is 14.9. The van der Waals surface area contributed by atoms with Gasteiger partial charge in [-0.25, -0.2) is 16.8 Å². The van der Waals surface area contributed by atoms with Crippen molar-refractivity contribution in [3.63, 3.8) is 0 Å². The van der Waals surface area contributed by atoms with Gasteiger partial charge in [0.15, 0.2) is 0 Å². The Morgan fingerprint density at radius 1 is 1.00 bits per heavy atom. The third kappa shape index (κ3) is 10.1. The van der Waals surface area contributed by atoms with Gasteiger partial charge in [-0.05, 0) is 6.42 Å². The lowest BCUT2D eigenvalue weighted by molar-refractivity contribution is 0.576. The van der Waals surface area contributed by atoms with Crippen LogP contribution in [0, 0.1) is 0 Å². The molecule has 0 atom stereocenters. The number of sulfonamides is 1. The summed E-state index contributed by atoms with van der Waals surface area (Å²) in [4.78, 5) is 0. The van der Waals surface area contributed by atoms with E-state index in [0.717, 1.165) is 32.1 Å². The Balaban J connectivity index is 3.58. The van der Waals surface area contributed by atoms with E-state index in [-0.39, 0.29) is 5.75 Å². The van der Waals surface area contributed by atoms with Gasteiger partial charge in [0.25, 0.3) is 0 Å². The fourth-order valence-electron chi connectivity index (χ4n) is 1.23. The normalized spacial score (nSPS) is 12.1. The van der Waals surface area contributed by atoms with Crippen LogP contribution in [0.15, 0.2) is 0 Å². The third-order valence-electron chi connectivity index (χ3n) is 1.98. The molecule has 0 heterocycles. The van der Waals surface area contributed by atoms with Gasteiger partial charge < -0.3 is 0 Å². The van der Waals surface area contributed by atoms with Gasteiger partial charge in [-0.15, -0.1) is 4.13 Å². The minimum Gasteiger partial charge on any atom is -0.215 e. The van der Waals surface area contributed by atoms with Crippen LogP contribution >= 0.6 is 0 Å². The van der Waals surface area contributed by atoms with Gasteiger partial charge in [0.2, 0.25) is 20.9 Å². The second-order valence-electron chi connectivity index (χ2n) is 3.44. The first-order chi connectivity index (χ1) is 6.98. The van der Waals surface area contributed by atoms with Gasteiger partial charge >= 0.3 is 0 Å². The van der Waals surface area contributed by atoms with Crippen molar-refractivity contribution in [2.75, 3.05) is 5.75 Å². The zero-order chi connectivity index (χ0) is 11.7. The highest BCUT2D eigenvalue weighted by atomic mass is 32.3. The van der Waals surface area contributed by atoms with E-state index < -0.39 is 20.9 Å². The Morgan fingerprint density at radius 2 is 1.53 bits per heavy atom. The van der Waals surface area contributed by atoms with E-state index in [9.17, 15) is 16.8 Å². The molecule has 0 fully saturated rings. The van der Waals surface area contributed by atoms with Crippen molar-refractivity contribution in [2.45, 2.75) is 45.4 Å². The molecule has 15 heavy (non-hydrogen) atoms. The van der Waals surface area contributed by atoms with Gasteiger partial charge in [0, 0.05) is 0 Å². The molecular formula is C8H19NO4S2. The molecule has 0 bridgehead atoms. The van der Waals surface area contributed by atoms with Crippen LogP contribution < -0.4 is 4.13 Å². The predicted molar refractivity (Wildman–Crippen MR) is 60.6 cm³/mol. The maximum atomic E-state index is 11.0. The highest BCUT2D eigenvalue weighted by Crippen LogP contribution is 2.05. The molecule has 0 aromatic carbocycles. The molecular weight excluding hydrogens is 238 g/mol. The lowest BCUT2D eigenvalue weighted by Gasteiger charge is -2.01. The van der Waals surface area contributed by atoms with Crippen LogP contribution in [-0.2, 0) is 20.9 Å². The Bertz CT molecular complexity index is 314. The maximum Gasteiger partial charge on any atom is 0.224 e. The molecule has 0 saturated heterocycles. The summed E-state index contributed by atoms with van der Waals surface area (Å²) in [6.45, 7) is 2.11. The van der Waals surface area contributed by atoms with Gasteiger partial charge in [-0.1, -0.05) is 39.0 Å². The van der Waals surface area contributed by atoms with E-state index in [1.807, 2.05) is 0 Å². The Morgan fingerprint density at radius 3 is 2.07 bits per heavy atom. The van der Waals surface area contributed by atoms with E-state index in [2.05, 4.69) is 6.92 Å². The van der Waals surface area contributed by atoms with E-state index in [4.69, 9.17) is 0 Å². The molecule has 0 amide bonds. The number of nitrogens with one attached hydrogen (secondary N) is 1. The summed E-state index contributed by atoms with van der Waals surface area (Å²) < 4.78 is 43.9. The van der Waals surface area contributed by atoms with Crippen molar-refractivity contribution in [1.29, 1.82) is 0 Å². The number of hydrogen-bond donors (Lipinski definition) is 2. The SMILES string of the molecule is CCCCCCCCS(=O)(=O)N[SH](=O)=O. The van der Waals surface area contributed by atoms with Gasteiger partial charge in [0.1, 0.15) is 0 Å². The van der Waals surface area contributed by atoms with Crippen LogP contribution in [0.4, 0.5) is 0 Å². The maximum absolute atomic E-state index is 11.0. The van der Waals surface area contributed by atoms with E-state index in [0.29, 0.717) is 6.42 Å². The third-order valence-corrected chi connectivity index (χ3v) is 4.52. The van der Waals surface area contributed by atoms with E-state index >= 15 is 0 Å². The fourth-order valence-corrected chi connectivity index (χ4v) is 3.09. The average Bonchev–Trinajstić information content (AvgIpc) is 2.08. The van der Waals surface area contributed by atoms with Crippen LogP contribution in [0.25, 0.3) is 0 Å². The molecule has 7 heteroatoms. The van der Waals surface area contributed by atoms with Crippen LogP contribution in [0.5, 0.6) is 0 Å². The van der Waals surface area contributed by atoms with Crippen molar-refractivity contribution >= 4 is 20.9 Å². The number of unbranched alkanes of at least 4 members (excludes halogenated alkanes) is 5. The molecule has 0 aliphatic carbocycles. The summed E-state index contributed by atoms with van der Waals surface area (Å²) in [6.07, 6.45) is 5.78. The molecule has 92 valence electrons. The highest BCUT2D eigenvalue weighted by molar-refractivity contribution is 7.98. The van der Waals surface area contributed by atoms with E-state index in [1.54, 1.807) is 4.13 Å². The number of hydrogen-bond acceptors (Lipinski definition) is 4. The zero-order valence-corrected chi connectivity index (χ0v) is 10.6. The average molecular weight is 257 g/mol. The van der Waals surface area contributed by atoms with Crippen LogP contribution in [0.2, 0.25) is 0 Å². The van der Waals surface area contributed by atoms with Crippen molar-refractivity contribution in [1.82, 2.24) is 4.13 Å². The zero-order valence-electron chi connectivity index (χ0n) is 8.94. The molecule has 0 rings (SSSR count). The molecule has 0 aliphatic rings. The van der Waals surface area contributed by atoms with Crippen LogP contribution in [0.1, 0.15) is 45.4 Å². The van der Waals surface area contributed by atoms with Crippen LogP contribution in [-0.4, -0.2) is 22.6 Å². The Kier molecular flexibility index (Phi) is 7.99. The largest absolute Gasteiger partial charge is 0.224 e. The smallest absolute Gasteiger partial charge is 0.215 e. The first-order valence-electron chi connectivity index (χ1n) is 5.12. The van der Waals surface area contributed by atoms with Crippen molar-refractivity contribution in [2.24, 2.45) is 0 Å². The number of rotatable bonds is 9. The predicted octanol–water partition coefficient (Wildman–Crippen LogP) is 0.793. The minimum absolute atomic E-state index is 0.109. The van der Waals surface area contributed by atoms with Gasteiger partial charge in [-0.2, -0.15) is 0 Å². The molecule has 5 nitrogen and oxygen atoms in total. The lowest BCUT2D eigenvalue weighted by Crippen LogP contribution is -2.24. The standard InChI is InChI=1S/C8H19NO4S2/c1-2-3-4-5-6-7-8-15(12,13)9-14(10)11/h14H,2-8H2,1H3,(H,9,10,11). The molecule has 0 aromatic heterocycles. The molecule has 0 saturated carbocycles. The summed E-state index contributed by atoms with van der Waals surface area (Å²) in [7, 11) is -6.68. The van der Waals surface area contributed by atoms with Gasteiger partial charge in [0.05, 0.1) is 5.75 Å². The number of thiol groups is 1. The highest BCUT2D eigenvalue weighted by Gasteiger charge is 2.09. The quantitative estimate of drug-likeness (QED) is 0.473. The first-order valence-corrected chi connectivity index (χ1v) is 7.95. The summed E-state index contributed by atoms with van der Waals surface area (Å²) in [5.74, 6) is -0.109. The Hall–Kier alpha value is -0.140. The van der Waals surface area contributed by atoms with Crippen molar-refractivity contribution in [3.05, 3.63) is 0 Å². The summed E-state index contributed by atoms with van der Waals surface area (Å²) in [5.41, 5.74) is 0. The monoisotopic (exact) mass is 257 g/mol. The summed E-state index contributed by atoms with van der Waals surface area (Å²) >= 11 is 0. The lowest BCUT2D eigenvalue weighted by atomic mass is 10.1. The van der Waals surface area contributed by atoms with Crippen LogP contribution in [0.3, 0.4) is 0 Å². The second kappa shape index (κ2) is 8.06. The Labute approximate surface area is 93.4 Å². The topological polar surface area (TPSA) is 80.3 Å². The van der Waals surface area contributed by atoms with Crippen molar-refractivity contribution < 1.29 is 16.8 Å². The van der Waals surface area contributed by atoms with E-state index in [1.165, 1.54) is 0 Å². The molecule has 0 unspecified atom stereocenters. The molecule has 0 aromatic rings. The summed E-state index contributed by atoms with van der Waals surface area (Å²) in [5, 5.41) is 0. The molecule has 0 spiro atoms. The molecule has 0 aliphatic heterocycles. The van der Waals surface area contributed by atoms with Gasteiger partial charge in [-0.3, -0.25) is 0 Å². The molecule has 1 N–H and O–H groups in total. The minimum atomic E-state index is -3.62. The fraction of sp³-hybridized carbons (Fsp3) is 1.00. The second-order valence-corrected chi connectivity index (χ2v) is 6.32. The molecule has 0 radical (unpaired) electrons. The van der Waals surface area contributed by atoms with Crippen molar-refractivity contribution in [3.8, 4) is 0 Å².